The van der Waals surface area contributed by atoms with Crippen molar-refractivity contribution in [2.75, 3.05) is 18.6 Å². The third-order valence-electron chi connectivity index (χ3n) is 2.58. The highest BCUT2D eigenvalue weighted by atomic mass is 35.5. The minimum absolute atomic E-state index is 0.196. The van der Waals surface area contributed by atoms with Gasteiger partial charge in [0.2, 0.25) is 0 Å². The fraction of sp³-hybridized carbons (Fsp3) is 0.385. The smallest absolute Gasteiger partial charge is 0.326 e. The molecule has 0 aromatic heterocycles. The topological polar surface area (TPSA) is 75.6 Å². The number of thioether (sulfide) groups is 1. The number of carboxylic acids is 1. The lowest BCUT2D eigenvalue weighted by molar-refractivity contribution is -0.142. The molecule has 2 N–H and O–H groups in total. The molecule has 5 nitrogen and oxygen atoms in total. The summed E-state index contributed by atoms with van der Waals surface area (Å²) >= 11 is 19.0. The molecule has 1 amide bonds. The van der Waals surface area contributed by atoms with Crippen LogP contribution >= 0.6 is 46.6 Å². The zero-order valence-corrected chi connectivity index (χ0v) is 14.7. The second kappa shape index (κ2) is 9.35. The summed E-state index contributed by atoms with van der Waals surface area (Å²) in [6.07, 6.45) is 2.19. The molecule has 22 heavy (non-hydrogen) atoms. The summed E-state index contributed by atoms with van der Waals surface area (Å²) in [4.78, 5) is 22.8. The molecule has 1 atom stereocenters. The summed E-state index contributed by atoms with van der Waals surface area (Å²) in [7, 11) is 0. The Hall–Kier alpha value is -0.820. The number of amides is 1. The Balaban J connectivity index is 2.58. The molecule has 0 saturated heterocycles. The maximum atomic E-state index is 11.7. The van der Waals surface area contributed by atoms with E-state index in [1.165, 1.54) is 23.9 Å². The standard InChI is InChI=1S/C13H14Cl3NO4S/c1-22-3-2-10(13(19)20)17-12(18)6-21-11-5-8(15)7(14)4-9(11)16/h4-5,10H,2-3,6H2,1H3,(H,17,18)(H,19,20). The van der Waals surface area contributed by atoms with Gasteiger partial charge in [-0.1, -0.05) is 34.8 Å². The minimum Gasteiger partial charge on any atom is -0.482 e. The monoisotopic (exact) mass is 385 g/mol. The van der Waals surface area contributed by atoms with Crippen molar-refractivity contribution >= 4 is 58.4 Å². The van der Waals surface area contributed by atoms with E-state index < -0.39 is 17.9 Å². The van der Waals surface area contributed by atoms with Gasteiger partial charge in [0, 0.05) is 6.07 Å². The SMILES string of the molecule is CSCCC(NC(=O)COc1cc(Cl)c(Cl)cc1Cl)C(=O)O. The molecule has 1 rings (SSSR count). The first kappa shape index (κ1) is 19.2. The van der Waals surface area contributed by atoms with E-state index in [1.54, 1.807) is 0 Å². The predicted octanol–water partition coefficient (Wildman–Crippen LogP) is 3.35. The van der Waals surface area contributed by atoms with Gasteiger partial charge in [-0.05, 0) is 24.5 Å². The summed E-state index contributed by atoms with van der Waals surface area (Å²) in [5, 5.41) is 12.1. The molecule has 1 aromatic carbocycles. The van der Waals surface area contributed by atoms with E-state index in [1.807, 2.05) is 6.26 Å². The number of carbonyl (C=O) groups excluding carboxylic acids is 1. The molecule has 0 heterocycles. The second-order valence-corrected chi connectivity index (χ2v) is 6.43. The fourth-order valence-electron chi connectivity index (χ4n) is 1.49. The average Bonchev–Trinajstić information content (AvgIpc) is 2.45. The zero-order valence-electron chi connectivity index (χ0n) is 11.6. The first-order valence-electron chi connectivity index (χ1n) is 6.13. The lowest BCUT2D eigenvalue weighted by Crippen LogP contribution is -2.43. The van der Waals surface area contributed by atoms with Crippen LogP contribution < -0.4 is 10.1 Å². The highest BCUT2D eigenvalue weighted by Gasteiger charge is 2.19. The minimum atomic E-state index is -1.09. The van der Waals surface area contributed by atoms with Crippen LogP contribution in [-0.2, 0) is 9.59 Å². The summed E-state index contributed by atoms with van der Waals surface area (Å²) < 4.78 is 5.23. The Labute approximate surface area is 147 Å². The Bertz CT molecular complexity index is 556. The van der Waals surface area contributed by atoms with E-state index in [0.717, 1.165) is 0 Å². The molecule has 0 aliphatic rings. The van der Waals surface area contributed by atoms with Crippen LogP contribution in [0.15, 0.2) is 12.1 Å². The van der Waals surface area contributed by atoms with Crippen LogP contribution in [0.25, 0.3) is 0 Å². The lowest BCUT2D eigenvalue weighted by atomic mass is 10.2. The van der Waals surface area contributed by atoms with Crippen LogP contribution in [0.1, 0.15) is 6.42 Å². The molecule has 1 aromatic rings. The number of carbonyl (C=O) groups is 2. The molecule has 0 fully saturated rings. The third-order valence-corrected chi connectivity index (χ3v) is 4.24. The summed E-state index contributed by atoms with van der Waals surface area (Å²) in [5.41, 5.74) is 0. The molecule has 0 bridgehead atoms. The Morgan fingerprint density at radius 3 is 2.50 bits per heavy atom. The van der Waals surface area contributed by atoms with Gasteiger partial charge in [-0.15, -0.1) is 0 Å². The molecular formula is C13H14Cl3NO4S. The quantitative estimate of drug-likeness (QED) is 0.670. The Kier molecular flexibility index (Phi) is 8.17. The van der Waals surface area contributed by atoms with Crippen molar-refractivity contribution in [2.24, 2.45) is 0 Å². The largest absolute Gasteiger partial charge is 0.482 e. The van der Waals surface area contributed by atoms with Crippen LogP contribution in [-0.4, -0.2) is 41.6 Å². The molecule has 122 valence electrons. The first-order chi connectivity index (χ1) is 10.3. The van der Waals surface area contributed by atoms with E-state index >= 15 is 0 Å². The molecule has 1 unspecified atom stereocenters. The number of ether oxygens (including phenoxy) is 1. The van der Waals surface area contributed by atoms with E-state index in [-0.39, 0.29) is 27.4 Å². The van der Waals surface area contributed by atoms with E-state index in [9.17, 15) is 9.59 Å². The van der Waals surface area contributed by atoms with Gasteiger partial charge in [-0.25, -0.2) is 4.79 Å². The summed E-state index contributed by atoms with van der Waals surface area (Å²) in [6, 6.07) is 1.84. The average molecular weight is 387 g/mol. The fourth-order valence-corrected chi connectivity index (χ4v) is 2.55. The van der Waals surface area contributed by atoms with Crippen molar-refractivity contribution in [3.05, 3.63) is 27.2 Å². The van der Waals surface area contributed by atoms with Gasteiger partial charge in [0.1, 0.15) is 11.8 Å². The van der Waals surface area contributed by atoms with Crippen LogP contribution in [0.4, 0.5) is 0 Å². The number of hydrogen-bond acceptors (Lipinski definition) is 4. The van der Waals surface area contributed by atoms with Crippen molar-refractivity contribution in [2.45, 2.75) is 12.5 Å². The van der Waals surface area contributed by atoms with Crippen molar-refractivity contribution in [1.29, 1.82) is 0 Å². The van der Waals surface area contributed by atoms with Gasteiger partial charge < -0.3 is 15.2 Å². The molecule has 0 spiro atoms. The maximum Gasteiger partial charge on any atom is 0.326 e. The molecule has 9 heteroatoms. The van der Waals surface area contributed by atoms with Gasteiger partial charge in [0.05, 0.1) is 15.1 Å². The molecule has 0 radical (unpaired) electrons. The molecular weight excluding hydrogens is 373 g/mol. The van der Waals surface area contributed by atoms with Gasteiger partial charge in [0.25, 0.3) is 5.91 Å². The zero-order chi connectivity index (χ0) is 16.7. The summed E-state index contributed by atoms with van der Waals surface area (Å²) in [6.45, 7) is -0.374. The summed E-state index contributed by atoms with van der Waals surface area (Å²) in [5.74, 6) is -0.829. The number of benzene rings is 1. The van der Waals surface area contributed by atoms with E-state index in [4.69, 9.17) is 44.6 Å². The van der Waals surface area contributed by atoms with E-state index in [0.29, 0.717) is 12.2 Å². The maximum absolute atomic E-state index is 11.7. The van der Waals surface area contributed by atoms with E-state index in [2.05, 4.69) is 5.32 Å². The number of carboxylic acid groups (broad SMARTS) is 1. The van der Waals surface area contributed by atoms with Crippen LogP contribution in [0.2, 0.25) is 15.1 Å². The van der Waals surface area contributed by atoms with Crippen molar-refractivity contribution < 1.29 is 19.4 Å². The Morgan fingerprint density at radius 1 is 1.27 bits per heavy atom. The third kappa shape index (κ3) is 6.12. The number of aliphatic carboxylic acids is 1. The lowest BCUT2D eigenvalue weighted by Gasteiger charge is -2.14. The first-order valence-corrected chi connectivity index (χ1v) is 8.66. The van der Waals surface area contributed by atoms with Crippen LogP contribution in [0, 0.1) is 0 Å². The van der Waals surface area contributed by atoms with Gasteiger partial charge >= 0.3 is 5.97 Å². The van der Waals surface area contributed by atoms with Crippen LogP contribution in [0.3, 0.4) is 0 Å². The van der Waals surface area contributed by atoms with Gasteiger partial charge in [-0.3, -0.25) is 4.79 Å². The number of halogens is 3. The van der Waals surface area contributed by atoms with Crippen molar-refractivity contribution in [1.82, 2.24) is 5.32 Å². The molecule has 0 aliphatic carbocycles. The predicted molar refractivity (Wildman–Crippen MR) is 89.5 cm³/mol. The van der Waals surface area contributed by atoms with Gasteiger partial charge in [-0.2, -0.15) is 11.8 Å². The molecule has 0 aliphatic heterocycles. The number of rotatable bonds is 8. The van der Waals surface area contributed by atoms with Crippen molar-refractivity contribution in [3.63, 3.8) is 0 Å². The highest BCUT2D eigenvalue weighted by Crippen LogP contribution is 2.33. The highest BCUT2D eigenvalue weighted by molar-refractivity contribution is 7.98. The normalized spacial score (nSPS) is 11.8. The van der Waals surface area contributed by atoms with Crippen molar-refractivity contribution in [3.8, 4) is 5.75 Å². The molecule has 0 saturated carbocycles. The van der Waals surface area contributed by atoms with Gasteiger partial charge in [0.15, 0.2) is 6.61 Å². The second-order valence-electron chi connectivity index (χ2n) is 4.23. The van der Waals surface area contributed by atoms with Crippen LogP contribution in [0.5, 0.6) is 5.75 Å². The number of nitrogens with one attached hydrogen (secondary N) is 1. The number of hydrogen-bond donors (Lipinski definition) is 2. The Morgan fingerprint density at radius 2 is 1.91 bits per heavy atom.